The smallest absolute Gasteiger partial charge is 0.0687 e. The van der Waals surface area contributed by atoms with Crippen molar-refractivity contribution in [3.63, 3.8) is 0 Å². The van der Waals surface area contributed by atoms with Crippen LogP contribution in [0.3, 0.4) is 0 Å². The summed E-state index contributed by atoms with van der Waals surface area (Å²) in [7, 11) is 0. The Morgan fingerprint density at radius 1 is 1.40 bits per heavy atom. The molecule has 0 aromatic rings. The van der Waals surface area contributed by atoms with Gasteiger partial charge in [-0.2, -0.15) is 0 Å². The van der Waals surface area contributed by atoms with Gasteiger partial charge >= 0.3 is 0 Å². The van der Waals surface area contributed by atoms with E-state index in [0.717, 1.165) is 18.2 Å². The third kappa shape index (κ3) is 4.66. The molecule has 0 aromatic carbocycles. The zero-order valence-electron chi connectivity index (χ0n) is 5.63. The molecular weight excluding hydrogens is 264 g/mol. The predicted molar refractivity (Wildman–Crippen MR) is 48.8 cm³/mol. The van der Waals surface area contributed by atoms with Crippen LogP contribution in [0.5, 0.6) is 0 Å². The van der Waals surface area contributed by atoms with Crippen LogP contribution < -0.4 is 0 Å². The van der Waals surface area contributed by atoms with E-state index in [0.29, 0.717) is 0 Å². The fourth-order valence-electron chi connectivity index (χ4n) is 0.589. The molecule has 0 saturated heterocycles. The molecule has 2 atom stereocenters. The standard InChI is InChI=1S/C6H12Br2O2/c7-3-1-2-6(10)5(8)4-9/h5-6,9-10H,1-4H2. The number of rotatable bonds is 5. The van der Waals surface area contributed by atoms with Crippen molar-refractivity contribution in [3.05, 3.63) is 0 Å². The first-order valence-electron chi connectivity index (χ1n) is 3.21. The molecule has 0 heterocycles. The monoisotopic (exact) mass is 274 g/mol. The molecule has 2 unspecified atom stereocenters. The van der Waals surface area contributed by atoms with Gasteiger partial charge in [0.15, 0.2) is 0 Å². The molecule has 0 rings (SSSR count). The first kappa shape index (κ1) is 10.9. The molecule has 0 amide bonds. The SMILES string of the molecule is OCC(Br)C(O)CCCBr. The van der Waals surface area contributed by atoms with Crippen LogP contribution in [0.15, 0.2) is 0 Å². The van der Waals surface area contributed by atoms with Gasteiger partial charge in [0, 0.05) is 5.33 Å². The summed E-state index contributed by atoms with van der Waals surface area (Å²) in [4.78, 5) is -0.174. The average molecular weight is 276 g/mol. The maximum absolute atomic E-state index is 9.22. The summed E-state index contributed by atoms with van der Waals surface area (Å²) in [6, 6.07) is 0. The lowest BCUT2D eigenvalue weighted by atomic mass is 10.1. The van der Waals surface area contributed by atoms with Crippen molar-refractivity contribution in [2.24, 2.45) is 0 Å². The van der Waals surface area contributed by atoms with E-state index in [1.165, 1.54) is 0 Å². The van der Waals surface area contributed by atoms with Gasteiger partial charge < -0.3 is 10.2 Å². The van der Waals surface area contributed by atoms with Gasteiger partial charge in [-0.1, -0.05) is 31.9 Å². The van der Waals surface area contributed by atoms with E-state index in [2.05, 4.69) is 31.9 Å². The second-order valence-electron chi connectivity index (χ2n) is 2.10. The minimum Gasteiger partial charge on any atom is -0.395 e. The van der Waals surface area contributed by atoms with E-state index in [4.69, 9.17) is 5.11 Å². The number of alkyl halides is 2. The lowest BCUT2D eigenvalue weighted by Gasteiger charge is -2.13. The highest BCUT2D eigenvalue weighted by molar-refractivity contribution is 9.09. The Morgan fingerprint density at radius 3 is 2.40 bits per heavy atom. The van der Waals surface area contributed by atoms with Crippen LogP contribution in [0, 0.1) is 0 Å². The summed E-state index contributed by atoms with van der Waals surface area (Å²) in [5.41, 5.74) is 0. The molecule has 4 heteroatoms. The molecule has 2 N–H and O–H groups in total. The zero-order valence-corrected chi connectivity index (χ0v) is 8.81. The van der Waals surface area contributed by atoms with E-state index in [1.54, 1.807) is 0 Å². The fourth-order valence-corrected chi connectivity index (χ4v) is 1.18. The molecule has 2 nitrogen and oxygen atoms in total. The summed E-state index contributed by atoms with van der Waals surface area (Å²) in [6.07, 6.45) is 1.23. The second kappa shape index (κ2) is 6.58. The Bertz CT molecular complexity index is 80.1. The lowest BCUT2D eigenvalue weighted by Crippen LogP contribution is -2.23. The number of aliphatic hydroxyl groups excluding tert-OH is 2. The van der Waals surface area contributed by atoms with Gasteiger partial charge in [-0.3, -0.25) is 0 Å². The van der Waals surface area contributed by atoms with Crippen molar-refractivity contribution < 1.29 is 10.2 Å². The minimum absolute atomic E-state index is 0.0105. The molecule has 0 fully saturated rings. The fraction of sp³-hybridized carbons (Fsp3) is 1.00. The number of hydrogen-bond acceptors (Lipinski definition) is 2. The van der Waals surface area contributed by atoms with Crippen molar-refractivity contribution in [1.29, 1.82) is 0 Å². The predicted octanol–water partition coefficient (Wildman–Crippen LogP) is 1.28. The Morgan fingerprint density at radius 2 is 2.00 bits per heavy atom. The molecule has 0 saturated carbocycles. The summed E-state index contributed by atoms with van der Waals surface area (Å²) >= 11 is 6.42. The van der Waals surface area contributed by atoms with Crippen molar-refractivity contribution >= 4 is 31.9 Å². The molecule has 0 radical (unpaired) electrons. The van der Waals surface area contributed by atoms with Crippen LogP contribution in [0.4, 0.5) is 0 Å². The van der Waals surface area contributed by atoms with E-state index in [9.17, 15) is 5.11 Å². The van der Waals surface area contributed by atoms with E-state index >= 15 is 0 Å². The summed E-state index contributed by atoms with van der Waals surface area (Å²) < 4.78 is 0. The topological polar surface area (TPSA) is 40.5 Å². The van der Waals surface area contributed by atoms with Gasteiger partial charge in [-0.05, 0) is 12.8 Å². The van der Waals surface area contributed by atoms with Gasteiger partial charge in [0.05, 0.1) is 17.5 Å². The van der Waals surface area contributed by atoms with Crippen molar-refractivity contribution in [2.75, 3.05) is 11.9 Å². The molecule has 0 aliphatic heterocycles. The maximum Gasteiger partial charge on any atom is 0.0687 e. The average Bonchev–Trinajstić information content (AvgIpc) is 1.98. The first-order chi connectivity index (χ1) is 4.72. The third-order valence-electron chi connectivity index (χ3n) is 1.23. The van der Waals surface area contributed by atoms with Gasteiger partial charge in [-0.15, -0.1) is 0 Å². The van der Waals surface area contributed by atoms with Crippen molar-refractivity contribution in [2.45, 2.75) is 23.8 Å². The Labute approximate surface area is 77.9 Å². The Balaban J connectivity index is 3.31. The van der Waals surface area contributed by atoms with Crippen LogP contribution in [0.2, 0.25) is 0 Å². The Hall–Kier alpha value is 0.880. The summed E-state index contributed by atoms with van der Waals surface area (Å²) in [5.74, 6) is 0. The molecular formula is C6H12Br2O2. The van der Waals surface area contributed by atoms with Crippen molar-refractivity contribution in [1.82, 2.24) is 0 Å². The van der Waals surface area contributed by atoms with Crippen LogP contribution in [-0.4, -0.2) is 33.1 Å². The molecule has 0 bridgehead atoms. The molecule has 62 valence electrons. The highest BCUT2D eigenvalue weighted by atomic mass is 79.9. The maximum atomic E-state index is 9.22. The van der Waals surface area contributed by atoms with E-state index in [-0.39, 0.29) is 11.4 Å². The highest BCUT2D eigenvalue weighted by Gasteiger charge is 2.13. The summed E-state index contributed by atoms with van der Waals surface area (Å²) in [5, 5.41) is 18.7. The molecule has 10 heavy (non-hydrogen) atoms. The zero-order chi connectivity index (χ0) is 7.98. The van der Waals surface area contributed by atoms with Gasteiger partial charge in [0.1, 0.15) is 0 Å². The third-order valence-corrected chi connectivity index (χ3v) is 2.69. The van der Waals surface area contributed by atoms with Crippen LogP contribution >= 0.6 is 31.9 Å². The van der Waals surface area contributed by atoms with Gasteiger partial charge in [0.25, 0.3) is 0 Å². The second-order valence-corrected chi connectivity index (χ2v) is 4.07. The molecule has 0 aliphatic carbocycles. The largest absolute Gasteiger partial charge is 0.395 e. The van der Waals surface area contributed by atoms with E-state index in [1.807, 2.05) is 0 Å². The van der Waals surface area contributed by atoms with Gasteiger partial charge in [-0.25, -0.2) is 0 Å². The Kier molecular flexibility index (Phi) is 7.16. The van der Waals surface area contributed by atoms with Crippen LogP contribution in [0.1, 0.15) is 12.8 Å². The summed E-state index contributed by atoms with van der Waals surface area (Å²) in [6.45, 7) is -0.0105. The van der Waals surface area contributed by atoms with Crippen LogP contribution in [-0.2, 0) is 0 Å². The quantitative estimate of drug-likeness (QED) is 0.742. The first-order valence-corrected chi connectivity index (χ1v) is 5.25. The van der Waals surface area contributed by atoms with Crippen molar-refractivity contribution in [3.8, 4) is 0 Å². The normalized spacial score (nSPS) is 16.8. The van der Waals surface area contributed by atoms with Crippen LogP contribution in [0.25, 0.3) is 0 Å². The number of aliphatic hydroxyl groups is 2. The lowest BCUT2D eigenvalue weighted by molar-refractivity contribution is 0.134. The number of hydrogen-bond donors (Lipinski definition) is 2. The van der Waals surface area contributed by atoms with Gasteiger partial charge in [0.2, 0.25) is 0 Å². The molecule has 0 aliphatic rings. The van der Waals surface area contributed by atoms with E-state index < -0.39 is 6.10 Å². The number of halogens is 2. The molecule has 0 spiro atoms. The molecule has 0 aromatic heterocycles. The minimum atomic E-state index is -0.428. The highest BCUT2D eigenvalue weighted by Crippen LogP contribution is 2.10.